The van der Waals surface area contributed by atoms with Crippen LogP contribution in [0.5, 0.6) is 0 Å². The first kappa shape index (κ1) is 14.3. The van der Waals surface area contributed by atoms with Crippen LogP contribution in [0.3, 0.4) is 0 Å². The van der Waals surface area contributed by atoms with Gasteiger partial charge in [-0.1, -0.05) is 6.92 Å². The summed E-state index contributed by atoms with van der Waals surface area (Å²) in [5, 5.41) is 12.0. The fraction of sp³-hybridized carbons (Fsp3) is 0.214. The van der Waals surface area contributed by atoms with E-state index in [0.717, 1.165) is 28.8 Å². The molecule has 0 spiro atoms. The van der Waals surface area contributed by atoms with Crippen molar-refractivity contribution in [3.05, 3.63) is 40.1 Å². The van der Waals surface area contributed by atoms with Gasteiger partial charge in [-0.25, -0.2) is 9.97 Å². The molecule has 1 aromatic heterocycles. The van der Waals surface area contributed by atoms with E-state index in [2.05, 4.69) is 44.2 Å². The molecular formula is C14H14BrN5. The molecule has 6 heteroatoms. The minimum absolute atomic E-state index is 0.440. The fourth-order valence-electron chi connectivity index (χ4n) is 1.74. The van der Waals surface area contributed by atoms with E-state index in [9.17, 15) is 0 Å². The normalized spacial score (nSPS) is 10.1. The molecule has 0 unspecified atom stereocenters. The number of nitrogen functional groups attached to an aromatic ring is 1. The highest BCUT2D eigenvalue weighted by molar-refractivity contribution is 9.10. The summed E-state index contributed by atoms with van der Waals surface area (Å²) >= 11 is 3.42. The molecular weight excluding hydrogens is 318 g/mol. The first-order valence-corrected chi connectivity index (χ1v) is 7.01. The number of halogens is 1. The van der Waals surface area contributed by atoms with Crippen molar-refractivity contribution in [1.82, 2.24) is 9.97 Å². The number of anilines is 3. The van der Waals surface area contributed by atoms with Gasteiger partial charge in [-0.05, 0) is 40.5 Å². The molecule has 2 aromatic rings. The summed E-state index contributed by atoms with van der Waals surface area (Å²) in [5.74, 6) is 1.81. The van der Waals surface area contributed by atoms with Gasteiger partial charge < -0.3 is 11.1 Å². The molecule has 0 aliphatic heterocycles. The van der Waals surface area contributed by atoms with Crippen LogP contribution in [0.4, 0.5) is 17.3 Å². The lowest BCUT2D eigenvalue weighted by molar-refractivity contribution is 0.839. The third-order valence-electron chi connectivity index (χ3n) is 2.63. The Kier molecular flexibility index (Phi) is 4.53. The lowest BCUT2D eigenvalue weighted by atomic mass is 10.2. The van der Waals surface area contributed by atoms with E-state index in [4.69, 9.17) is 11.0 Å². The minimum atomic E-state index is 0.440. The van der Waals surface area contributed by atoms with Crippen LogP contribution in [0, 0.1) is 11.3 Å². The van der Waals surface area contributed by atoms with Crippen LogP contribution < -0.4 is 11.1 Å². The number of nitrogens with two attached hydrogens (primary N) is 1. The Bertz CT molecular complexity index is 663. The van der Waals surface area contributed by atoms with Crippen molar-refractivity contribution in [1.29, 1.82) is 5.26 Å². The van der Waals surface area contributed by atoms with Crippen molar-refractivity contribution >= 4 is 33.3 Å². The van der Waals surface area contributed by atoms with E-state index in [-0.39, 0.29) is 0 Å². The predicted molar refractivity (Wildman–Crippen MR) is 82.6 cm³/mol. The zero-order valence-corrected chi connectivity index (χ0v) is 12.6. The largest absolute Gasteiger partial charge is 0.384 e. The van der Waals surface area contributed by atoms with Gasteiger partial charge in [0.15, 0.2) is 0 Å². The van der Waals surface area contributed by atoms with Crippen LogP contribution in [-0.2, 0) is 6.42 Å². The van der Waals surface area contributed by atoms with Crippen molar-refractivity contribution in [2.24, 2.45) is 0 Å². The fourth-order valence-corrected chi connectivity index (χ4v) is 2.22. The van der Waals surface area contributed by atoms with E-state index in [1.165, 1.54) is 0 Å². The minimum Gasteiger partial charge on any atom is -0.384 e. The number of aryl methyl sites for hydroxylation is 1. The molecule has 0 radical (unpaired) electrons. The molecule has 0 fully saturated rings. The summed E-state index contributed by atoms with van der Waals surface area (Å²) in [6.07, 6.45) is 1.75. The zero-order chi connectivity index (χ0) is 14.5. The number of hydrogen-bond acceptors (Lipinski definition) is 5. The van der Waals surface area contributed by atoms with Gasteiger partial charge in [0.2, 0.25) is 0 Å². The van der Waals surface area contributed by atoms with Crippen LogP contribution >= 0.6 is 15.9 Å². The maximum Gasteiger partial charge on any atom is 0.136 e. The molecule has 0 bridgehead atoms. The number of benzene rings is 1. The molecule has 20 heavy (non-hydrogen) atoms. The van der Waals surface area contributed by atoms with Crippen LogP contribution in [0.2, 0.25) is 0 Å². The van der Waals surface area contributed by atoms with Gasteiger partial charge in [0.05, 0.1) is 17.3 Å². The molecule has 0 aliphatic rings. The standard InChI is InChI=1S/C14H14BrN5/c1-2-3-13-19-12(17)7-14(20-13)18-11-5-4-9(8-16)6-10(11)15/h4-7H,2-3H2,1H3,(H3,17,18,19,20). The number of aromatic nitrogens is 2. The van der Waals surface area contributed by atoms with E-state index < -0.39 is 0 Å². The third-order valence-corrected chi connectivity index (χ3v) is 3.28. The summed E-state index contributed by atoms with van der Waals surface area (Å²) < 4.78 is 0.797. The molecule has 0 saturated carbocycles. The van der Waals surface area contributed by atoms with Gasteiger partial charge in [0.25, 0.3) is 0 Å². The number of nitrogens with one attached hydrogen (secondary N) is 1. The molecule has 3 N–H and O–H groups in total. The SMILES string of the molecule is CCCc1nc(N)cc(Nc2ccc(C#N)cc2Br)n1. The monoisotopic (exact) mass is 331 g/mol. The van der Waals surface area contributed by atoms with Crippen molar-refractivity contribution in [2.75, 3.05) is 11.1 Å². The average molecular weight is 332 g/mol. The molecule has 1 heterocycles. The van der Waals surface area contributed by atoms with Crippen LogP contribution in [0.15, 0.2) is 28.7 Å². The average Bonchev–Trinajstić information content (AvgIpc) is 2.41. The quantitative estimate of drug-likeness (QED) is 0.896. The summed E-state index contributed by atoms with van der Waals surface area (Å²) in [5.41, 5.74) is 7.20. The molecule has 2 rings (SSSR count). The lowest BCUT2D eigenvalue weighted by Crippen LogP contribution is -2.03. The second-order valence-electron chi connectivity index (χ2n) is 4.28. The summed E-state index contributed by atoms with van der Waals surface area (Å²) in [6, 6.07) is 9.09. The molecule has 0 aliphatic carbocycles. The zero-order valence-electron chi connectivity index (χ0n) is 11.0. The smallest absolute Gasteiger partial charge is 0.136 e. The Hall–Kier alpha value is -2.13. The number of rotatable bonds is 4. The molecule has 0 saturated heterocycles. The molecule has 0 amide bonds. The third kappa shape index (κ3) is 3.45. The summed E-state index contributed by atoms with van der Waals surface area (Å²) in [6.45, 7) is 2.07. The predicted octanol–water partition coefficient (Wildman–Crippen LogP) is 3.39. The Morgan fingerprint density at radius 2 is 2.15 bits per heavy atom. The van der Waals surface area contributed by atoms with Crippen molar-refractivity contribution in [2.45, 2.75) is 19.8 Å². The Morgan fingerprint density at radius 1 is 1.35 bits per heavy atom. The highest BCUT2D eigenvalue weighted by Gasteiger charge is 2.06. The molecule has 102 valence electrons. The van der Waals surface area contributed by atoms with Gasteiger partial charge in [-0.15, -0.1) is 0 Å². The van der Waals surface area contributed by atoms with Gasteiger partial charge >= 0.3 is 0 Å². The number of nitriles is 1. The Morgan fingerprint density at radius 3 is 2.80 bits per heavy atom. The van der Waals surface area contributed by atoms with Crippen LogP contribution in [-0.4, -0.2) is 9.97 Å². The Labute approximate surface area is 126 Å². The Balaban J connectivity index is 2.28. The lowest BCUT2D eigenvalue weighted by Gasteiger charge is -2.10. The van der Waals surface area contributed by atoms with E-state index in [0.29, 0.717) is 17.2 Å². The summed E-state index contributed by atoms with van der Waals surface area (Å²) in [7, 11) is 0. The number of hydrogen-bond donors (Lipinski definition) is 2. The van der Waals surface area contributed by atoms with Crippen LogP contribution in [0.25, 0.3) is 0 Å². The first-order chi connectivity index (χ1) is 9.62. The number of nitrogens with zero attached hydrogens (tertiary/aromatic N) is 3. The second kappa shape index (κ2) is 6.35. The van der Waals surface area contributed by atoms with Crippen molar-refractivity contribution in [3.8, 4) is 6.07 Å². The molecule has 5 nitrogen and oxygen atoms in total. The van der Waals surface area contributed by atoms with Crippen molar-refractivity contribution in [3.63, 3.8) is 0 Å². The van der Waals surface area contributed by atoms with Gasteiger partial charge in [-0.3, -0.25) is 0 Å². The van der Waals surface area contributed by atoms with Crippen LogP contribution in [0.1, 0.15) is 24.7 Å². The van der Waals surface area contributed by atoms with E-state index >= 15 is 0 Å². The first-order valence-electron chi connectivity index (χ1n) is 6.22. The van der Waals surface area contributed by atoms with Gasteiger partial charge in [0, 0.05) is 17.0 Å². The van der Waals surface area contributed by atoms with Crippen molar-refractivity contribution < 1.29 is 0 Å². The second-order valence-corrected chi connectivity index (χ2v) is 5.13. The van der Waals surface area contributed by atoms with Gasteiger partial charge in [0.1, 0.15) is 17.5 Å². The maximum atomic E-state index is 8.85. The molecule has 0 atom stereocenters. The topological polar surface area (TPSA) is 87.6 Å². The maximum absolute atomic E-state index is 8.85. The highest BCUT2D eigenvalue weighted by atomic mass is 79.9. The van der Waals surface area contributed by atoms with Gasteiger partial charge in [-0.2, -0.15) is 5.26 Å². The van der Waals surface area contributed by atoms with E-state index in [1.54, 1.807) is 18.2 Å². The molecule has 1 aromatic carbocycles. The summed E-state index contributed by atoms with van der Waals surface area (Å²) in [4.78, 5) is 8.60. The highest BCUT2D eigenvalue weighted by Crippen LogP contribution is 2.26. The van der Waals surface area contributed by atoms with E-state index in [1.807, 2.05) is 6.07 Å².